The van der Waals surface area contributed by atoms with E-state index in [9.17, 15) is 4.79 Å². The van der Waals surface area contributed by atoms with E-state index in [0.717, 1.165) is 11.3 Å². The Morgan fingerprint density at radius 1 is 1.04 bits per heavy atom. The van der Waals surface area contributed by atoms with Gasteiger partial charge in [-0.05, 0) is 48.7 Å². The molecule has 3 aromatic rings. The molecular formula is C20H20N4O. The van der Waals surface area contributed by atoms with E-state index in [0.29, 0.717) is 18.2 Å². The number of benzene rings is 2. The van der Waals surface area contributed by atoms with Crippen molar-refractivity contribution in [3.63, 3.8) is 0 Å². The molecular weight excluding hydrogens is 312 g/mol. The molecule has 0 aliphatic carbocycles. The Morgan fingerprint density at radius 2 is 1.88 bits per heavy atom. The summed E-state index contributed by atoms with van der Waals surface area (Å²) in [6.07, 6.45) is 1.58. The molecule has 5 nitrogen and oxygen atoms in total. The first-order valence-electron chi connectivity index (χ1n) is 8.11. The minimum atomic E-state index is -0.257. The van der Waals surface area contributed by atoms with Crippen molar-refractivity contribution < 1.29 is 4.79 Å². The fraction of sp³-hybridized carbons (Fsp3) is 0.150. The number of nitrogens with zero attached hydrogens (tertiary/aromatic N) is 2. The number of nitrogens with one attached hydrogen (secondary N) is 2. The number of carbonyl (C=O) groups is 1. The molecule has 0 atom stereocenters. The molecule has 0 radical (unpaired) electrons. The predicted octanol–water partition coefficient (Wildman–Crippen LogP) is 3.96. The van der Waals surface area contributed by atoms with E-state index >= 15 is 0 Å². The summed E-state index contributed by atoms with van der Waals surface area (Å²) in [5, 5.41) is 6.02. The number of aromatic nitrogens is 2. The quantitative estimate of drug-likeness (QED) is 0.742. The monoisotopic (exact) mass is 332 g/mol. The summed E-state index contributed by atoms with van der Waals surface area (Å²) in [6.45, 7) is 4.65. The molecule has 0 fully saturated rings. The SMILES string of the molecule is Cc1cccc(NC(=O)c2ccnc(NCc3ccccc3C)n2)c1. The minimum Gasteiger partial charge on any atom is -0.350 e. The summed E-state index contributed by atoms with van der Waals surface area (Å²) in [5.41, 5.74) is 4.52. The minimum absolute atomic E-state index is 0.257. The Balaban J connectivity index is 1.68. The lowest BCUT2D eigenvalue weighted by atomic mass is 10.1. The zero-order valence-corrected chi connectivity index (χ0v) is 14.3. The molecule has 0 bridgehead atoms. The zero-order valence-electron chi connectivity index (χ0n) is 14.3. The van der Waals surface area contributed by atoms with E-state index in [1.165, 1.54) is 11.1 Å². The summed E-state index contributed by atoms with van der Waals surface area (Å²) in [7, 11) is 0. The van der Waals surface area contributed by atoms with Crippen LogP contribution in [0.5, 0.6) is 0 Å². The van der Waals surface area contributed by atoms with Crippen molar-refractivity contribution in [2.45, 2.75) is 20.4 Å². The first-order valence-corrected chi connectivity index (χ1v) is 8.11. The highest BCUT2D eigenvalue weighted by atomic mass is 16.1. The van der Waals surface area contributed by atoms with E-state index < -0.39 is 0 Å². The molecule has 126 valence electrons. The lowest BCUT2D eigenvalue weighted by Crippen LogP contribution is -2.15. The van der Waals surface area contributed by atoms with Crippen LogP contribution >= 0.6 is 0 Å². The Bertz CT molecular complexity index is 892. The number of amides is 1. The van der Waals surface area contributed by atoms with Crippen LogP contribution in [0.1, 0.15) is 27.2 Å². The maximum absolute atomic E-state index is 12.4. The van der Waals surface area contributed by atoms with E-state index in [1.807, 2.05) is 43.3 Å². The van der Waals surface area contributed by atoms with Crippen molar-refractivity contribution in [3.8, 4) is 0 Å². The van der Waals surface area contributed by atoms with Gasteiger partial charge in [-0.2, -0.15) is 0 Å². The highest BCUT2D eigenvalue weighted by Crippen LogP contribution is 2.12. The lowest BCUT2D eigenvalue weighted by Gasteiger charge is -2.09. The maximum atomic E-state index is 12.4. The second kappa shape index (κ2) is 7.57. The molecule has 0 spiro atoms. The molecule has 5 heteroatoms. The molecule has 2 aromatic carbocycles. The topological polar surface area (TPSA) is 66.9 Å². The van der Waals surface area contributed by atoms with Crippen LogP contribution in [0.2, 0.25) is 0 Å². The van der Waals surface area contributed by atoms with Crippen LogP contribution in [-0.2, 0) is 6.54 Å². The number of aryl methyl sites for hydroxylation is 2. The smallest absolute Gasteiger partial charge is 0.274 e. The van der Waals surface area contributed by atoms with Crippen LogP contribution in [0.4, 0.5) is 11.6 Å². The van der Waals surface area contributed by atoms with Gasteiger partial charge in [0.25, 0.3) is 5.91 Å². The molecule has 3 rings (SSSR count). The van der Waals surface area contributed by atoms with Gasteiger partial charge in [0.05, 0.1) is 0 Å². The molecule has 0 saturated carbocycles. The fourth-order valence-corrected chi connectivity index (χ4v) is 2.47. The number of hydrogen-bond donors (Lipinski definition) is 2. The number of carbonyl (C=O) groups excluding carboxylic acids is 1. The van der Waals surface area contributed by atoms with Gasteiger partial charge in [-0.15, -0.1) is 0 Å². The van der Waals surface area contributed by atoms with E-state index in [4.69, 9.17) is 0 Å². The van der Waals surface area contributed by atoms with Crippen molar-refractivity contribution in [2.75, 3.05) is 10.6 Å². The van der Waals surface area contributed by atoms with E-state index in [1.54, 1.807) is 12.3 Å². The Morgan fingerprint density at radius 3 is 2.68 bits per heavy atom. The fourth-order valence-electron chi connectivity index (χ4n) is 2.47. The van der Waals surface area contributed by atoms with Crippen LogP contribution < -0.4 is 10.6 Å². The summed E-state index contributed by atoms with van der Waals surface area (Å²) < 4.78 is 0. The van der Waals surface area contributed by atoms with Crippen LogP contribution in [0, 0.1) is 13.8 Å². The highest BCUT2D eigenvalue weighted by Gasteiger charge is 2.09. The Labute approximate surface area is 147 Å². The molecule has 1 heterocycles. The van der Waals surface area contributed by atoms with E-state index in [-0.39, 0.29) is 5.91 Å². The average Bonchev–Trinajstić information content (AvgIpc) is 2.61. The van der Waals surface area contributed by atoms with Gasteiger partial charge in [-0.25, -0.2) is 9.97 Å². The van der Waals surface area contributed by atoms with Gasteiger partial charge in [0.1, 0.15) is 5.69 Å². The van der Waals surface area contributed by atoms with Crippen molar-refractivity contribution in [3.05, 3.63) is 83.2 Å². The molecule has 2 N–H and O–H groups in total. The van der Waals surface area contributed by atoms with Crippen LogP contribution in [-0.4, -0.2) is 15.9 Å². The van der Waals surface area contributed by atoms with Crippen molar-refractivity contribution >= 4 is 17.5 Å². The Hall–Kier alpha value is -3.21. The second-order valence-corrected chi connectivity index (χ2v) is 5.87. The lowest BCUT2D eigenvalue weighted by molar-refractivity contribution is 0.102. The number of anilines is 2. The zero-order chi connectivity index (χ0) is 17.6. The predicted molar refractivity (Wildman–Crippen MR) is 99.7 cm³/mol. The van der Waals surface area contributed by atoms with Crippen LogP contribution in [0.25, 0.3) is 0 Å². The third-order valence-corrected chi connectivity index (χ3v) is 3.86. The summed E-state index contributed by atoms with van der Waals surface area (Å²) in [5.74, 6) is 0.173. The van der Waals surface area contributed by atoms with Crippen molar-refractivity contribution in [1.82, 2.24) is 9.97 Å². The molecule has 1 aromatic heterocycles. The first-order chi connectivity index (χ1) is 12.1. The Kier molecular flexibility index (Phi) is 5.04. The number of rotatable bonds is 5. The van der Waals surface area contributed by atoms with Gasteiger partial charge in [-0.3, -0.25) is 4.79 Å². The maximum Gasteiger partial charge on any atom is 0.274 e. The molecule has 0 aliphatic heterocycles. The van der Waals surface area contributed by atoms with Gasteiger partial charge >= 0.3 is 0 Å². The van der Waals surface area contributed by atoms with Gasteiger partial charge in [0, 0.05) is 18.4 Å². The summed E-state index contributed by atoms with van der Waals surface area (Å²) >= 11 is 0. The average molecular weight is 332 g/mol. The highest BCUT2D eigenvalue weighted by molar-refractivity contribution is 6.03. The standard InChI is InChI=1S/C20H20N4O/c1-14-6-5-9-17(12-14)23-19(25)18-10-11-21-20(24-18)22-13-16-8-4-3-7-15(16)2/h3-12H,13H2,1-2H3,(H,23,25)(H,21,22,24). The van der Waals surface area contributed by atoms with Gasteiger partial charge in [0.2, 0.25) is 5.95 Å². The molecule has 0 aliphatic rings. The van der Waals surface area contributed by atoms with Crippen molar-refractivity contribution in [1.29, 1.82) is 0 Å². The number of hydrogen-bond acceptors (Lipinski definition) is 4. The van der Waals surface area contributed by atoms with E-state index in [2.05, 4.69) is 39.7 Å². The van der Waals surface area contributed by atoms with Gasteiger partial charge in [-0.1, -0.05) is 36.4 Å². The molecule has 0 saturated heterocycles. The third kappa shape index (κ3) is 4.41. The molecule has 0 unspecified atom stereocenters. The van der Waals surface area contributed by atoms with Gasteiger partial charge in [0.15, 0.2) is 0 Å². The largest absolute Gasteiger partial charge is 0.350 e. The normalized spacial score (nSPS) is 10.3. The van der Waals surface area contributed by atoms with Gasteiger partial charge < -0.3 is 10.6 Å². The van der Waals surface area contributed by atoms with Crippen molar-refractivity contribution in [2.24, 2.45) is 0 Å². The third-order valence-electron chi connectivity index (χ3n) is 3.86. The molecule has 25 heavy (non-hydrogen) atoms. The van der Waals surface area contributed by atoms with Crippen LogP contribution in [0.15, 0.2) is 60.8 Å². The first kappa shape index (κ1) is 16.6. The molecule has 1 amide bonds. The summed E-state index contributed by atoms with van der Waals surface area (Å²) in [6, 6.07) is 17.4. The second-order valence-electron chi connectivity index (χ2n) is 5.87. The summed E-state index contributed by atoms with van der Waals surface area (Å²) in [4.78, 5) is 20.9. The van der Waals surface area contributed by atoms with Crippen LogP contribution in [0.3, 0.4) is 0 Å².